The van der Waals surface area contributed by atoms with Crippen LogP contribution in [0.2, 0.25) is 0 Å². The average molecular weight is 262 g/mol. The molecule has 1 rings (SSSR count). The highest BCUT2D eigenvalue weighted by Gasteiger charge is 2.34. The molecule has 4 nitrogen and oxygen atoms in total. The summed E-state index contributed by atoms with van der Waals surface area (Å²) in [4.78, 5) is 2.26. The van der Waals surface area contributed by atoms with E-state index in [2.05, 4.69) is 25.7 Å². The van der Waals surface area contributed by atoms with Crippen molar-refractivity contribution < 1.29 is 8.42 Å². The SMILES string of the molecule is CC(C)CCC(C)(CN)N1CCS(=O)(=O)CC1. The largest absolute Gasteiger partial charge is 0.329 e. The Kier molecular flexibility index (Phi) is 4.98. The van der Waals surface area contributed by atoms with Crippen LogP contribution in [0, 0.1) is 5.92 Å². The van der Waals surface area contributed by atoms with Crippen molar-refractivity contribution in [3.05, 3.63) is 0 Å². The van der Waals surface area contributed by atoms with Gasteiger partial charge >= 0.3 is 0 Å². The predicted molar refractivity (Wildman–Crippen MR) is 71.8 cm³/mol. The molecule has 2 N–H and O–H groups in total. The first kappa shape index (κ1) is 14.9. The van der Waals surface area contributed by atoms with Crippen molar-refractivity contribution in [2.75, 3.05) is 31.1 Å². The van der Waals surface area contributed by atoms with Crippen LogP contribution in [0.1, 0.15) is 33.6 Å². The molecule has 1 saturated heterocycles. The second-order valence-corrected chi connectivity index (χ2v) is 8.08. The first-order chi connectivity index (χ1) is 7.79. The van der Waals surface area contributed by atoms with E-state index < -0.39 is 9.84 Å². The molecule has 1 aliphatic heterocycles. The van der Waals surface area contributed by atoms with Crippen LogP contribution in [0.3, 0.4) is 0 Å². The zero-order valence-electron chi connectivity index (χ0n) is 11.3. The van der Waals surface area contributed by atoms with Crippen LogP contribution in [0.5, 0.6) is 0 Å². The second-order valence-electron chi connectivity index (χ2n) is 5.77. The normalized spacial score (nSPS) is 24.8. The molecule has 0 aromatic carbocycles. The van der Waals surface area contributed by atoms with E-state index in [1.165, 1.54) is 0 Å². The van der Waals surface area contributed by atoms with E-state index in [-0.39, 0.29) is 17.0 Å². The van der Waals surface area contributed by atoms with E-state index in [0.717, 1.165) is 12.8 Å². The highest BCUT2D eigenvalue weighted by atomic mass is 32.2. The Hall–Kier alpha value is -0.130. The van der Waals surface area contributed by atoms with Crippen LogP contribution in [0.25, 0.3) is 0 Å². The summed E-state index contributed by atoms with van der Waals surface area (Å²) in [6, 6.07) is 0. The molecule has 5 heteroatoms. The Morgan fingerprint density at radius 1 is 1.29 bits per heavy atom. The number of nitrogens with two attached hydrogens (primary N) is 1. The Bertz CT molecular complexity index is 326. The van der Waals surface area contributed by atoms with Crippen molar-refractivity contribution in [1.82, 2.24) is 4.90 Å². The van der Waals surface area contributed by atoms with Crippen LogP contribution >= 0.6 is 0 Å². The molecule has 1 fully saturated rings. The van der Waals surface area contributed by atoms with E-state index in [4.69, 9.17) is 5.73 Å². The number of hydrogen-bond acceptors (Lipinski definition) is 4. The maximum atomic E-state index is 11.4. The zero-order valence-corrected chi connectivity index (χ0v) is 12.1. The molecule has 0 aromatic rings. The van der Waals surface area contributed by atoms with Gasteiger partial charge in [0.1, 0.15) is 0 Å². The molecule has 0 saturated carbocycles. The minimum absolute atomic E-state index is 0.0415. The van der Waals surface area contributed by atoms with Crippen LogP contribution in [0.15, 0.2) is 0 Å². The van der Waals surface area contributed by atoms with Gasteiger partial charge in [-0.15, -0.1) is 0 Å². The molecule has 0 radical (unpaired) electrons. The monoisotopic (exact) mass is 262 g/mol. The van der Waals surface area contributed by atoms with Crippen LogP contribution in [0.4, 0.5) is 0 Å². The molecular weight excluding hydrogens is 236 g/mol. The fourth-order valence-corrected chi connectivity index (χ4v) is 3.44. The van der Waals surface area contributed by atoms with Crippen molar-refractivity contribution in [3.8, 4) is 0 Å². The van der Waals surface area contributed by atoms with Crippen LogP contribution in [-0.4, -0.2) is 50.0 Å². The molecular formula is C12H26N2O2S. The molecule has 1 aliphatic rings. The lowest BCUT2D eigenvalue weighted by atomic mass is 9.90. The van der Waals surface area contributed by atoms with Gasteiger partial charge in [0, 0.05) is 25.2 Å². The number of rotatable bonds is 5. The Balaban J connectivity index is 2.61. The topological polar surface area (TPSA) is 63.4 Å². The number of hydrogen-bond donors (Lipinski definition) is 1. The second kappa shape index (κ2) is 5.67. The van der Waals surface area contributed by atoms with E-state index in [1.807, 2.05) is 0 Å². The third kappa shape index (κ3) is 4.23. The summed E-state index contributed by atoms with van der Waals surface area (Å²) in [6.45, 7) is 8.44. The maximum Gasteiger partial charge on any atom is 0.152 e. The first-order valence-corrected chi connectivity index (χ1v) is 8.27. The van der Waals surface area contributed by atoms with Gasteiger partial charge in [-0.3, -0.25) is 4.90 Å². The predicted octanol–water partition coefficient (Wildman–Crippen LogP) is 0.870. The van der Waals surface area contributed by atoms with Crippen molar-refractivity contribution in [3.63, 3.8) is 0 Å². The van der Waals surface area contributed by atoms with Crippen molar-refractivity contribution >= 4 is 9.84 Å². The molecule has 102 valence electrons. The summed E-state index contributed by atoms with van der Waals surface area (Å²) in [6.07, 6.45) is 2.18. The summed E-state index contributed by atoms with van der Waals surface area (Å²) >= 11 is 0. The summed E-state index contributed by atoms with van der Waals surface area (Å²) in [7, 11) is -2.80. The molecule has 17 heavy (non-hydrogen) atoms. The Morgan fingerprint density at radius 2 is 1.82 bits per heavy atom. The first-order valence-electron chi connectivity index (χ1n) is 6.45. The molecule has 0 amide bonds. The lowest BCUT2D eigenvalue weighted by Gasteiger charge is -2.43. The summed E-state index contributed by atoms with van der Waals surface area (Å²) in [5.41, 5.74) is 5.86. The minimum atomic E-state index is -2.80. The number of nitrogens with zero attached hydrogens (tertiary/aromatic N) is 1. The molecule has 0 bridgehead atoms. The van der Waals surface area contributed by atoms with E-state index in [1.54, 1.807) is 0 Å². The Morgan fingerprint density at radius 3 is 2.24 bits per heavy atom. The highest BCUT2D eigenvalue weighted by molar-refractivity contribution is 7.91. The van der Waals surface area contributed by atoms with Crippen molar-refractivity contribution in [2.45, 2.75) is 39.2 Å². The quantitative estimate of drug-likeness (QED) is 0.798. The Labute approximate surface area is 105 Å². The van der Waals surface area contributed by atoms with E-state index in [9.17, 15) is 8.42 Å². The van der Waals surface area contributed by atoms with Gasteiger partial charge in [0.05, 0.1) is 11.5 Å². The molecule has 0 aromatic heterocycles. The summed E-state index contributed by atoms with van der Waals surface area (Å²) in [5.74, 6) is 1.23. The third-order valence-corrected chi connectivity index (χ3v) is 5.42. The standard InChI is InChI=1S/C12H26N2O2S/c1-11(2)4-5-12(3,10-13)14-6-8-17(15,16)9-7-14/h11H,4-10,13H2,1-3H3. The van der Waals surface area contributed by atoms with Gasteiger partial charge in [-0.1, -0.05) is 13.8 Å². The minimum Gasteiger partial charge on any atom is -0.329 e. The average Bonchev–Trinajstić information content (AvgIpc) is 2.26. The van der Waals surface area contributed by atoms with E-state index >= 15 is 0 Å². The lowest BCUT2D eigenvalue weighted by molar-refractivity contribution is 0.106. The van der Waals surface area contributed by atoms with Crippen molar-refractivity contribution in [2.24, 2.45) is 11.7 Å². The third-order valence-electron chi connectivity index (χ3n) is 3.81. The smallest absolute Gasteiger partial charge is 0.152 e. The fourth-order valence-electron chi connectivity index (χ4n) is 2.24. The molecule has 1 heterocycles. The number of sulfone groups is 1. The summed E-state index contributed by atoms with van der Waals surface area (Å²) in [5, 5.41) is 0. The van der Waals surface area contributed by atoms with Crippen LogP contribution < -0.4 is 5.73 Å². The van der Waals surface area contributed by atoms with Gasteiger partial charge in [0.15, 0.2) is 9.84 Å². The molecule has 1 unspecified atom stereocenters. The van der Waals surface area contributed by atoms with Gasteiger partial charge in [0.25, 0.3) is 0 Å². The molecule has 0 aliphatic carbocycles. The zero-order chi connectivity index (χ0) is 13.1. The van der Waals surface area contributed by atoms with Gasteiger partial charge in [0.2, 0.25) is 0 Å². The van der Waals surface area contributed by atoms with E-state index in [0.29, 0.717) is 25.6 Å². The molecule has 0 spiro atoms. The molecule has 1 atom stereocenters. The summed E-state index contributed by atoms with van der Waals surface area (Å²) < 4.78 is 22.8. The van der Waals surface area contributed by atoms with Gasteiger partial charge in [-0.25, -0.2) is 8.42 Å². The van der Waals surface area contributed by atoms with Gasteiger partial charge in [-0.2, -0.15) is 0 Å². The maximum absolute atomic E-state index is 11.4. The highest BCUT2D eigenvalue weighted by Crippen LogP contribution is 2.24. The fraction of sp³-hybridized carbons (Fsp3) is 1.00. The van der Waals surface area contributed by atoms with Gasteiger partial charge in [-0.05, 0) is 25.7 Å². The van der Waals surface area contributed by atoms with Crippen LogP contribution in [-0.2, 0) is 9.84 Å². The lowest BCUT2D eigenvalue weighted by Crippen LogP contribution is -2.56. The van der Waals surface area contributed by atoms with Gasteiger partial charge < -0.3 is 5.73 Å². The van der Waals surface area contributed by atoms with Crippen molar-refractivity contribution in [1.29, 1.82) is 0 Å².